The molecule has 0 heterocycles. The lowest BCUT2D eigenvalue weighted by Gasteiger charge is -2.19. The molecule has 0 saturated heterocycles. The van der Waals surface area contributed by atoms with Crippen LogP contribution in [0, 0.1) is 6.92 Å². The fourth-order valence-corrected chi connectivity index (χ4v) is 2.69. The molecule has 0 radical (unpaired) electrons. The van der Waals surface area contributed by atoms with E-state index in [0.717, 1.165) is 16.8 Å². The molecule has 2 rings (SSSR count). The van der Waals surface area contributed by atoms with Crippen molar-refractivity contribution in [1.29, 1.82) is 0 Å². The van der Waals surface area contributed by atoms with Gasteiger partial charge < -0.3 is 10.1 Å². The van der Waals surface area contributed by atoms with E-state index < -0.39 is 0 Å². The Balaban J connectivity index is 2.23. The van der Waals surface area contributed by atoms with Crippen LogP contribution in [0.1, 0.15) is 34.5 Å². The van der Waals surface area contributed by atoms with Crippen molar-refractivity contribution in [2.45, 2.75) is 19.9 Å². The van der Waals surface area contributed by atoms with Crippen LogP contribution in [0.5, 0.6) is 0 Å². The summed E-state index contributed by atoms with van der Waals surface area (Å²) in [5, 5.41) is 4.69. The molecule has 2 aromatic rings. The van der Waals surface area contributed by atoms with Gasteiger partial charge in [-0.1, -0.05) is 23.2 Å². The average molecular weight is 338 g/mol. The Morgan fingerprint density at radius 1 is 1.18 bits per heavy atom. The highest BCUT2D eigenvalue weighted by atomic mass is 35.5. The third-order valence-corrected chi connectivity index (χ3v) is 4.02. The van der Waals surface area contributed by atoms with Crippen LogP contribution in [-0.2, 0) is 4.74 Å². The van der Waals surface area contributed by atoms with Gasteiger partial charge in [0.1, 0.15) is 0 Å². The lowest BCUT2D eigenvalue weighted by molar-refractivity contribution is 0.0600. The van der Waals surface area contributed by atoms with Crippen LogP contribution >= 0.6 is 23.2 Å². The number of halogens is 2. The topological polar surface area (TPSA) is 38.3 Å². The molecule has 2 aromatic carbocycles. The second kappa shape index (κ2) is 7.03. The summed E-state index contributed by atoms with van der Waals surface area (Å²) in [6, 6.07) is 10.7. The van der Waals surface area contributed by atoms with Gasteiger partial charge in [0.2, 0.25) is 0 Å². The quantitative estimate of drug-likeness (QED) is 0.773. The molecule has 1 N–H and O–H groups in total. The maximum absolute atomic E-state index is 11.5. The van der Waals surface area contributed by atoms with E-state index in [9.17, 15) is 4.79 Å². The van der Waals surface area contributed by atoms with Gasteiger partial charge in [-0.25, -0.2) is 4.79 Å². The molecule has 0 aliphatic rings. The molecule has 0 bridgehead atoms. The molecule has 22 heavy (non-hydrogen) atoms. The summed E-state index contributed by atoms with van der Waals surface area (Å²) < 4.78 is 4.72. The zero-order valence-corrected chi connectivity index (χ0v) is 14.1. The number of ether oxygens (including phenoxy) is 1. The van der Waals surface area contributed by atoms with Crippen LogP contribution in [0.4, 0.5) is 5.69 Å². The van der Waals surface area contributed by atoms with Gasteiger partial charge in [0.05, 0.1) is 18.7 Å². The van der Waals surface area contributed by atoms with Gasteiger partial charge in [0.15, 0.2) is 0 Å². The number of esters is 1. The number of methoxy groups -OCH3 is 1. The summed E-state index contributed by atoms with van der Waals surface area (Å²) >= 11 is 12.3. The Hall–Kier alpha value is -1.71. The Labute approximate surface area is 140 Å². The zero-order valence-electron chi connectivity index (χ0n) is 12.6. The van der Waals surface area contributed by atoms with Crippen molar-refractivity contribution in [1.82, 2.24) is 0 Å². The van der Waals surface area contributed by atoms with Gasteiger partial charge in [-0.2, -0.15) is 0 Å². The highest BCUT2D eigenvalue weighted by Crippen LogP contribution is 2.29. The lowest BCUT2D eigenvalue weighted by atomic mass is 10.1. The normalized spacial score (nSPS) is 11.9. The maximum Gasteiger partial charge on any atom is 0.337 e. The molecule has 5 heteroatoms. The summed E-state index contributed by atoms with van der Waals surface area (Å²) in [7, 11) is 1.37. The molecule has 0 aromatic heterocycles. The third-order valence-electron chi connectivity index (χ3n) is 3.44. The molecule has 0 aliphatic carbocycles. The van der Waals surface area contributed by atoms with Crippen molar-refractivity contribution in [2.75, 3.05) is 12.4 Å². The van der Waals surface area contributed by atoms with Gasteiger partial charge in [-0.15, -0.1) is 0 Å². The molecule has 1 unspecified atom stereocenters. The minimum absolute atomic E-state index is 0.0196. The fourth-order valence-electron chi connectivity index (χ4n) is 2.23. The number of benzene rings is 2. The predicted octanol–water partition coefficient (Wildman–Crippen LogP) is 5.26. The molecule has 0 fully saturated rings. The predicted molar refractivity (Wildman–Crippen MR) is 91.0 cm³/mol. The second-order valence-corrected chi connectivity index (χ2v) is 5.90. The number of carbonyl (C=O) groups excluding carboxylic acids is 1. The van der Waals surface area contributed by atoms with Crippen LogP contribution in [0.25, 0.3) is 0 Å². The lowest BCUT2D eigenvalue weighted by Crippen LogP contribution is -2.09. The summed E-state index contributed by atoms with van der Waals surface area (Å²) in [4.78, 5) is 11.5. The van der Waals surface area contributed by atoms with Gasteiger partial charge in [-0.05, 0) is 61.4 Å². The summed E-state index contributed by atoms with van der Waals surface area (Å²) in [6.07, 6.45) is 0. The Bertz CT molecular complexity index is 701. The van der Waals surface area contributed by atoms with Crippen molar-refractivity contribution >= 4 is 34.9 Å². The van der Waals surface area contributed by atoms with Crippen LogP contribution < -0.4 is 5.32 Å². The van der Waals surface area contributed by atoms with Gasteiger partial charge in [-0.3, -0.25) is 0 Å². The average Bonchev–Trinajstić information content (AvgIpc) is 2.50. The van der Waals surface area contributed by atoms with E-state index >= 15 is 0 Å². The highest BCUT2D eigenvalue weighted by Gasteiger charge is 2.13. The molecular weight excluding hydrogens is 321 g/mol. The first-order valence-corrected chi connectivity index (χ1v) is 7.58. The number of rotatable bonds is 4. The number of anilines is 1. The Morgan fingerprint density at radius 3 is 2.55 bits per heavy atom. The first kappa shape index (κ1) is 16.7. The van der Waals surface area contributed by atoms with Crippen molar-refractivity contribution in [3.63, 3.8) is 0 Å². The number of nitrogens with one attached hydrogen (secondary N) is 1. The molecule has 0 amide bonds. The SMILES string of the molecule is COC(=O)c1ccc(NC(C)c2cc(Cl)ccc2Cl)c(C)c1. The van der Waals surface area contributed by atoms with E-state index in [4.69, 9.17) is 27.9 Å². The fraction of sp³-hybridized carbons (Fsp3) is 0.235. The largest absolute Gasteiger partial charge is 0.465 e. The summed E-state index contributed by atoms with van der Waals surface area (Å²) in [6.45, 7) is 3.94. The van der Waals surface area contributed by atoms with Crippen molar-refractivity contribution < 1.29 is 9.53 Å². The number of aryl methyl sites for hydroxylation is 1. The van der Waals surface area contributed by atoms with Gasteiger partial charge in [0.25, 0.3) is 0 Å². The molecule has 116 valence electrons. The van der Waals surface area contributed by atoms with Crippen molar-refractivity contribution in [3.05, 3.63) is 63.1 Å². The first-order valence-electron chi connectivity index (χ1n) is 6.83. The van der Waals surface area contributed by atoms with Crippen molar-refractivity contribution in [2.24, 2.45) is 0 Å². The molecule has 0 saturated carbocycles. The van der Waals surface area contributed by atoms with E-state index in [1.54, 1.807) is 24.3 Å². The number of hydrogen-bond donors (Lipinski definition) is 1. The van der Waals surface area contributed by atoms with E-state index in [0.29, 0.717) is 15.6 Å². The second-order valence-electron chi connectivity index (χ2n) is 5.05. The number of hydrogen-bond acceptors (Lipinski definition) is 3. The van der Waals surface area contributed by atoms with Crippen LogP contribution in [0.2, 0.25) is 10.0 Å². The standard InChI is InChI=1S/C17H17Cl2NO2/c1-10-8-12(17(21)22-3)4-7-16(10)20-11(2)14-9-13(18)5-6-15(14)19/h4-9,11,20H,1-3H3. The van der Waals surface area contributed by atoms with Gasteiger partial charge >= 0.3 is 5.97 Å². The van der Waals surface area contributed by atoms with E-state index in [-0.39, 0.29) is 12.0 Å². The zero-order chi connectivity index (χ0) is 16.3. The smallest absolute Gasteiger partial charge is 0.337 e. The van der Waals surface area contributed by atoms with Crippen LogP contribution in [-0.4, -0.2) is 13.1 Å². The maximum atomic E-state index is 11.5. The van der Waals surface area contributed by atoms with Crippen LogP contribution in [0.3, 0.4) is 0 Å². The van der Waals surface area contributed by atoms with E-state index in [1.165, 1.54) is 7.11 Å². The molecular formula is C17H17Cl2NO2. The van der Waals surface area contributed by atoms with Gasteiger partial charge in [0, 0.05) is 15.7 Å². The summed E-state index contributed by atoms with van der Waals surface area (Å²) in [5.41, 5.74) is 3.33. The van der Waals surface area contributed by atoms with Crippen LogP contribution in [0.15, 0.2) is 36.4 Å². The van der Waals surface area contributed by atoms with Crippen molar-refractivity contribution in [3.8, 4) is 0 Å². The number of carbonyl (C=O) groups is 1. The molecule has 3 nitrogen and oxygen atoms in total. The minimum Gasteiger partial charge on any atom is -0.465 e. The van der Waals surface area contributed by atoms with E-state index in [2.05, 4.69) is 5.32 Å². The molecule has 1 atom stereocenters. The molecule has 0 aliphatic heterocycles. The third kappa shape index (κ3) is 3.73. The monoisotopic (exact) mass is 337 g/mol. The Morgan fingerprint density at radius 2 is 1.91 bits per heavy atom. The highest BCUT2D eigenvalue weighted by molar-refractivity contribution is 6.33. The minimum atomic E-state index is -0.347. The van der Waals surface area contributed by atoms with E-state index in [1.807, 2.05) is 26.0 Å². The first-order chi connectivity index (χ1) is 10.4. The summed E-state index contributed by atoms with van der Waals surface area (Å²) in [5.74, 6) is -0.347. The molecule has 0 spiro atoms. The Kier molecular flexibility index (Phi) is 5.33.